The number of carbonyl (C=O) groups is 1. The molecule has 0 atom stereocenters. The molecule has 1 N–H and O–H groups in total. The maximum atomic E-state index is 15.0. The molecule has 2 aromatic heterocycles. The van der Waals surface area contributed by atoms with Crippen LogP contribution in [0.4, 0.5) is 4.39 Å². The van der Waals surface area contributed by atoms with Crippen LogP contribution in [-0.4, -0.2) is 29.1 Å². The highest BCUT2D eigenvalue weighted by Gasteiger charge is 2.47. The third kappa shape index (κ3) is 3.79. The lowest BCUT2D eigenvalue weighted by Crippen LogP contribution is -2.49. The second-order valence-corrected chi connectivity index (χ2v) is 11.9. The topological polar surface area (TPSA) is 40.5 Å². The van der Waals surface area contributed by atoms with Crippen LogP contribution in [-0.2, 0) is 16.8 Å². The fraction of sp³-hybridized carbons (Fsp3) is 0.269. The van der Waals surface area contributed by atoms with Gasteiger partial charge in [-0.1, -0.05) is 29.8 Å². The molecule has 3 heterocycles. The van der Waals surface area contributed by atoms with Crippen molar-refractivity contribution in [2.24, 2.45) is 5.92 Å². The van der Waals surface area contributed by atoms with Gasteiger partial charge in [-0.2, -0.15) is 0 Å². The number of halogens is 2. The van der Waals surface area contributed by atoms with E-state index in [9.17, 15) is 4.79 Å². The molecule has 4 aromatic rings. The summed E-state index contributed by atoms with van der Waals surface area (Å²) in [4.78, 5) is 15.2. The van der Waals surface area contributed by atoms with Gasteiger partial charge in [-0.05, 0) is 65.8 Å². The van der Waals surface area contributed by atoms with Gasteiger partial charge in [0.1, 0.15) is 5.82 Å². The number of benzene rings is 2. The third-order valence-corrected chi connectivity index (χ3v) is 9.46. The number of fused-ring (bicyclic) bond motifs is 1. The third-order valence-electron chi connectivity index (χ3n) is 6.88. The molecule has 6 rings (SSSR count). The Morgan fingerprint density at radius 1 is 1.09 bits per heavy atom. The zero-order valence-corrected chi connectivity index (χ0v) is 20.1. The van der Waals surface area contributed by atoms with Gasteiger partial charge in [0.05, 0.1) is 10.3 Å². The minimum Gasteiger partial charge on any atom is -0.481 e. The van der Waals surface area contributed by atoms with Crippen LogP contribution in [0.5, 0.6) is 0 Å². The average Bonchev–Trinajstić information content (AvgIpc) is 3.26. The fourth-order valence-electron chi connectivity index (χ4n) is 4.82. The predicted octanol–water partition coefficient (Wildman–Crippen LogP) is 7.02. The highest BCUT2D eigenvalue weighted by atomic mass is 35.5. The quantitative estimate of drug-likeness (QED) is 0.311. The lowest BCUT2D eigenvalue weighted by Gasteiger charge is -2.36. The number of carboxylic acid groups (broad SMARTS) is 1. The molecule has 0 radical (unpaired) electrons. The van der Waals surface area contributed by atoms with Crippen LogP contribution in [0, 0.1) is 11.7 Å². The molecule has 0 spiro atoms. The Bertz CT molecular complexity index is 1380. The van der Waals surface area contributed by atoms with Gasteiger partial charge in [0.2, 0.25) is 0 Å². The molecule has 0 unspecified atom stereocenters. The standard InChI is InChI=1S/C26H21ClFNO2S2/c27-24-6-5-23(33-24)26(7-8-26)18-2-4-21-16(10-18)11-22(32-21)19-3-1-15(9-20(19)28)12-29-13-17(14-29)25(30)31/h1-6,9-11,17H,7-8,12-14H2,(H,30,31). The summed E-state index contributed by atoms with van der Waals surface area (Å²) in [6.45, 7) is 1.62. The molecule has 1 aliphatic heterocycles. The van der Waals surface area contributed by atoms with Gasteiger partial charge >= 0.3 is 5.97 Å². The lowest BCUT2D eigenvalue weighted by molar-refractivity contribution is -0.147. The first-order valence-corrected chi connectivity index (χ1v) is 13.0. The van der Waals surface area contributed by atoms with Crippen LogP contribution in [0.25, 0.3) is 20.5 Å². The van der Waals surface area contributed by atoms with Gasteiger partial charge in [0.15, 0.2) is 0 Å². The number of hydrogen-bond acceptors (Lipinski definition) is 4. The van der Waals surface area contributed by atoms with Gasteiger partial charge in [-0.15, -0.1) is 22.7 Å². The normalized spacial score (nSPS) is 17.9. The molecule has 2 aromatic carbocycles. The van der Waals surface area contributed by atoms with Crippen molar-refractivity contribution in [2.75, 3.05) is 13.1 Å². The Kier molecular flexibility index (Phi) is 5.11. The molecular formula is C26H21ClFNO2S2. The summed E-state index contributed by atoms with van der Waals surface area (Å²) in [6.07, 6.45) is 2.26. The van der Waals surface area contributed by atoms with Crippen LogP contribution in [0.3, 0.4) is 0 Å². The Hall–Kier alpha value is -2.25. The molecule has 33 heavy (non-hydrogen) atoms. The molecule has 0 amide bonds. The monoisotopic (exact) mass is 497 g/mol. The fourth-order valence-corrected chi connectivity index (χ4v) is 7.20. The van der Waals surface area contributed by atoms with E-state index in [1.165, 1.54) is 10.4 Å². The molecule has 168 valence electrons. The Morgan fingerprint density at radius 2 is 1.91 bits per heavy atom. The minimum atomic E-state index is -0.757. The number of rotatable bonds is 6. The van der Waals surface area contributed by atoms with Crippen LogP contribution in [0.2, 0.25) is 4.34 Å². The SMILES string of the molecule is O=C(O)C1CN(Cc2ccc(-c3cc4cc(C5(c6ccc(Cl)s6)CC5)ccc4s3)c(F)c2)C1. The van der Waals surface area contributed by atoms with Crippen molar-refractivity contribution in [2.45, 2.75) is 24.8 Å². The van der Waals surface area contributed by atoms with E-state index >= 15 is 4.39 Å². The van der Waals surface area contributed by atoms with Crippen molar-refractivity contribution in [1.29, 1.82) is 0 Å². The molecule has 1 saturated heterocycles. The number of nitrogens with zero attached hydrogens (tertiary/aromatic N) is 1. The first-order chi connectivity index (χ1) is 15.9. The molecular weight excluding hydrogens is 477 g/mol. The summed E-state index contributed by atoms with van der Waals surface area (Å²) in [5, 5.41) is 10.2. The highest BCUT2D eigenvalue weighted by molar-refractivity contribution is 7.22. The van der Waals surface area contributed by atoms with Gasteiger partial charge in [-0.25, -0.2) is 4.39 Å². The van der Waals surface area contributed by atoms with Crippen molar-refractivity contribution in [3.8, 4) is 10.4 Å². The van der Waals surface area contributed by atoms with E-state index < -0.39 is 5.97 Å². The van der Waals surface area contributed by atoms with E-state index in [0.717, 1.165) is 37.7 Å². The molecule has 3 nitrogen and oxygen atoms in total. The van der Waals surface area contributed by atoms with E-state index in [2.05, 4.69) is 30.3 Å². The second kappa shape index (κ2) is 7.91. The first kappa shape index (κ1) is 21.3. The van der Waals surface area contributed by atoms with Gasteiger partial charge < -0.3 is 5.11 Å². The Morgan fingerprint density at radius 3 is 2.58 bits per heavy atom. The largest absolute Gasteiger partial charge is 0.481 e. The molecule has 2 fully saturated rings. The predicted molar refractivity (Wildman–Crippen MR) is 133 cm³/mol. The summed E-state index contributed by atoms with van der Waals surface area (Å²) in [5.41, 5.74) is 2.87. The number of hydrogen-bond donors (Lipinski definition) is 1. The van der Waals surface area contributed by atoms with Crippen molar-refractivity contribution < 1.29 is 14.3 Å². The lowest BCUT2D eigenvalue weighted by atomic mass is 9.93. The van der Waals surface area contributed by atoms with Crippen LogP contribution >= 0.6 is 34.3 Å². The highest BCUT2D eigenvalue weighted by Crippen LogP contribution is 2.56. The van der Waals surface area contributed by atoms with E-state index in [-0.39, 0.29) is 17.2 Å². The minimum absolute atomic E-state index is 0.0809. The van der Waals surface area contributed by atoms with E-state index in [0.29, 0.717) is 25.2 Å². The van der Waals surface area contributed by atoms with Crippen LogP contribution in [0.15, 0.2) is 54.6 Å². The van der Waals surface area contributed by atoms with Crippen LogP contribution < -0.4 is 0 Å². The molecule has 1 aliphatic carbocycles. The Labute approximate surface area is 204 Å². The first-order valence-electron chi connectivity index (χ1n) is 11.0. The summed E-state index contributed by atoms with van der Waals surface area (Å²) in [7, 11) is 0. The number of carboxylic acids is 1. The van der Waals surface area contributed by atoms with Crippen molar-refractivity contribution >= 4 is 50.3 Å². The summed E-state index contributed by atoms with van der Waals surface area (Å²) >= 11 is 9.46. The number of aliphatic carboxylic acids is 1. The molecule has 0 bridgehead atoms. The van der Waals surface area contributed by atoms with Gasteiger partial charge in [0.25, 0.3) is 0 Å². The molecule has 1 saturated carbocycles. The molecule has 7 heteroatoms. The van der Waals surface area contributed by atoms with Gasteiger partial charge in [-0.3, -0.25) is 9.69 Å². The second-order valence-electron chi connectivity index (χ2n) is 9.09. The van der Waals surface area contributed by atoms with E-state index in [4.69, 9.17) is 16.7 Å². The van der Waals surface area contributed by atoms with Crippen molar-refractivity contribution in [3.05, 3.63) is 80.8 Å². The average molecular weight is 498 g/mol. The maximum Gasteiger partial charge on any atom is 0.309 e. The zero-order valence-electron chi connectivity index (χ0n) is 17.7. The number of thiophene rings is 2. The van der Waals surface area contributed by atoms with Gasteiger partial charge in [0, 0.05) is 45.1 Å². The smallest absolute Gasteiger partial charge is 0.309 e. The Balaban J connectivity index is 1.25. The summed E-state index contributed by atoms with van der Waals surface area (Å²) in [5.74, 6) is -1.29. The van der Waals surface area contributed by atoms with E-state index in [1.807, 2.05) is 23.1 Å². The van der Waals surface area contributed by atoms with Crippen LogP contribution in [0.1, 0.15) is 28.8 Å². The zero-order chi connectivity index (χ0) is 22.7. The number of likely N-dealkylation sites (tertiary alicyclic amines) is 1. The molecule has 2 aliphatic rings. The van der Waals surface area contributed by atoms with Crippen molar-refractivity contribution in [1.82, 2.24) is 4.90 Å². The van der Waals surface area contributed by atoms with Crippen molar-refractivity contribution in [3.63, 3.8) is 0 Å². The maximum absolute atomic E-state index is 15.0. The summed E-state index contributed by atoms with van der Waals surface area (Å²) < 4.78 is 17.0. The summed E-state index contributed by atoms with van der Waals surface area (Å²) in [6, 6.07) is 18.2. The van der Waals surface area contributed by atoms with E-state index in [1.54, 1.807) is 28.7 Å².